The molecule has 3 aromatic heterocycles. The van der Waals surface area contributed by atoms with Gasteiger partial charge in [-0.2, -0.15) is 0 Å². The number of para-hydroxylation sites is 1. The molecule has 3 heterocycles. The fraction of sp³-hybridized carbons (Fsp3) is 0. The second-order valence-electron chi connectivity index (χ2n) is 4.26. The van der Waals surface area contributed by atoms with Gasteiger partial charge in [-0.3, -0.25) is 4.40 Å². The zero-order chi connectivity index (χ0) is 13.7. The molecule has 0 radical (unpaired) electrons. The fourth-order valence-corrected chi connectivity index (χ4v) is 2.32. The Bertz CT molecular complexity index is 939. The number of nitrogens with zero attached hydrogens (tertiary/aromatic N) is 5. The summed E-state index contributed by atoms with van der Waals surface area (Å²) in [4.78, 5) is 11.3. The molecule has 4 aromatic rings. The molecule has 7 nitrogen and oxygen atoms in total. The predicted molar refractivity (Wildman–Crippen MR) is 75.3 cm³/mol. The van der Waals surface area contributed by atoms with Gasteiger partial charge in [-0.1, -0.05) is 17.7 Å². The summed E-state index contributed by atoms with van der Waals surface area (Å²) in [5.41, 5.74) is 9.15. The highest BCUT2D eigenvalue weighted by Crippen LogP contribution is 2.30. The van der Waals surface area contributed by atoms with Crippen LogP contribution in [0.25, 0.3) is 28.2 Å². The number of hydrogen-bond acceptors (Lipinski definition) is 5. The highest BCUT2D eigenvalue weighted by molar-refractivity contribution is 6.33. The van der Waals surface area contributed by atoms with E-state index in [1.54, 1.807) is 23.1 Å². The van der Waals surface area contributed by atoms with E-state index < -0.39 is 0 Å². The van der Waals surface area contributed by atoms with E-state index in [0.717, 1.165) is 5.52 Å². The number of hydrogen-bond donors (Lipinski definition) is 2. The van der Waals surface area contributed by atoms with E-state index in [0.29, 0.717) is 33.4 Å². The summed E-state index contributed by atoms with van der Waals surface area (Å²) in [5, 5.41) is 8.83. The second-order valence-corrected chi connectivity index (χ2v) is 4.67. The van der Waals surface area contributed by atoms with Crippen LogP contribution in [0.15, 0.2) is 30.9 Å². The van der Waals surface area contributed by atoms with Crippen molar-refractivity contribution in [2.75, 3.05) is 5.73 Å². The highest BCUT2D eigenvalue weighted by atomic mass is 35.5. The Kier molecular flexibility index (Phi) is 2.19. The van der Waals surface area contributed by atoms with Crippen molar-refractivity contribution in [3.8, 4) is 11.4 Å². The molecular weight excluding hydrogens is 278 g/mol. The first-order chi connectivity index (χ1) is 9.75. The van der Waals surface area contributed by atoms with Crippen LogP contribution in [0.1, 0.15) is 0 Å². The molecule has 0 bridgehead atoms. The summed E-state index contributed by atoms with van der Waals surface area (Å²) >= 11 is 6.05. The van der Waals surface area contributed by atoms with Crippen LogP contribution in [-0.4, -0.2) is 29.5 Å². The monoisotopic (exact) mass is 285 g/mol. The lowest BCUT2D eigenvalue weighted by Crippen LogP contribution is -1.96. The van der Waals surface area contributed by atoms with E-state index in [4.69, 9.17) is 17.3 Å². The lowest BCUT2D eigenvalue weighted by atomic mass is 10.1. The molecule has 0 aliphatic carbocycles. The van der Waals surface area contributed by atoms with Crippen LogP contribution >= 0.6 is 11.6 Å². The van der Waals surface area contributed by atoms with E-state index >= 15 is 0 Å². The average molecular weight is 286 g/mol. The molecule has 0 amide bonds. The average Bonchev–Trinajstić information content (AvgIpc) is 3.06. The lowest BCUT2D eigenvalue weighted by molar-refractivity contribution is 1.09. The summed E-state index contributed by atoms with van der Waals surface area (Å²) < 4.78 is 1.75. The molecular formula is C12H8ClN7. The van der Waals surface area contributed by atoms with Crippen LogP contribution in [0, 0.1) is 0 Å². The zero-order valence-corrected chi connectivity index (χ0v) is 10.8. The minimum absolute atomic E-state index is 0.466. The van der Waals surface area contributed by atoms with Crippen molar-refractivity contribution < 1.29 is 0 Å². The van der Waals surface area contributed by atoms with Crippen molar-refractivity contribution in [2.24, 2.45) is 0 Å². The predicted octanol–water partition coefficient (Wildman–Crippen LogP) is 1.90. The molecule has 1 aromatic carbocycles. The highest BCUT2D eigenvalue weighted by Gasteiger charge is 2.15. The van der Waals surface area contributed by atoms with Gasteiger partial charge in [0.1, 0.15) is 11.8 Å². The van der Waals surface area contributed by atoms with Gasteiger partial charge in [-0.25, -0.2) is 9.97 Å². The number of imidazole rings is 1. The molecule has 3 N–H and O–H groups in total. The van der Waals surface area contributed by atoms with Crippen LogP contribution in [0.4, 0.5) is 5.69 Å². The largest absolute Gasteiger partial charge is 0.397 e. The number of anilines is 1. The minimum atomic E-state index is 0.466. The Morgan fingerprint density at radius 3 is 3.00 bits per heavy atom. The number of rotatable bonds is 1. The maximum absolute atomic E-state index is 6.05. The molecule has 0 fully saturated rings. The molecule has 0 aliphatic rings. The first-order valence-electron chi connectivity index (χ1n) is 5.83. The van der Waals surface area contributed by atoms with Crippen LogP contribution in [0.2, 0.25) is 5.02 Å². The van der Waals surface area contributed by atoms with Gasteiger partial charge in [0, 0.05) is 5.56 Å². The summed E-state index contributed by atoms with van der Waals surface area (Å²) in [7, 11) is 0. The number of nitrogens with two attached hydrogens (primary N) is 1. The van der Waals surface area contributed by atoms with Gasteiger partial charge in [-0.05, 0) is 12.1 Å². The first-order valence-corrected chi connectivity index (χ1v) is 6.20. The third-order valence-electron chi connectivity index (χ3n) is 3.13. The van der Waals surface area contributed by atoms with Crippen molar-refractivity contribution >= 4 is 34.1 Å². The number of nitrogen functional groups attached to an aromatic ring is 1. The van der Waals surface area contributed by atoms with E-state index in [-0.39, 0.29) is 0 Å². The van der Waals surface area contributed by atoms with Gasteiger partial charge in [0.25, 0.3) is 0 Å². The standard InChI is InChI=1S/C12H8ClN7/c13-7-3-1-2-6(8(7)14)11-18-19-12-9-10(16-4-15-9)17-5-20(11)12/h1-5H,14H2,(H,15,16). The molecule has 20 heavy (non-hydrogen) atoms. The van der Waals surface area contributed by atoms with E-state index in [1.807, 2.05) is 12.1 Å². The number of nitrogens with one attached hydrogen (secondary N) is 1. The Morgan fingerprint density at radius 1 is 1.20 bits per heavy atom. The molecule has 0 atom stereocenters. The maximum atomic E-state index is 6.05. The SMILES string of the molecule is Nc1c(Cl)cccc1-c1nnc2c3[nH]cnc3ncn12. The van der Waals surface area contributed by atoms with Crippen molar-refractivity contribution in [1.82, 2.24) is 29.5 Å². The molecule has 0 saturated carbocycles. The van der Waals surface area contributed by atoms with E-state index in [2.05, 4.69) is 25.1 Å². The van der Waals surface area contributed by atoms with Gasteiger partial charge < -0.3 is 10.7 Å². The molecule has 0 aliphatic heterocycles. The van der Waals surface area contributed by atoms with Gasteiger partial charge >= 0.3 is 0 Å². The molecule has 0 spiro atoms. The van der Waals surface area contributed by atoms with Gasteiger partial charge in [0.2, 0.25) is 0 Å². The van der Waals surface area contributed by atoms with Crippen molar-refractivity contribution in [3.63, 3.8) is 0 Å². The van der Waals surface area contributed by atoms with Gasteiger partial charge in [-0.15, -0.1) is 10.2 Å². The summed E-state index contributed by atoms with van der Waals surface area (Å²) in [6.07, 6.45) is 3.19. The minimum Gasteiger partial charge on any atom is -0.397 e. The van der Waals surface area contributed by atoms with Gasteiger partial charge in [0.15, 0.2) is 17.1 Å². The number of fused-ring (bicyclic) bond motifs is 3. The van der Waals surface area contributed by atoms with Crippen LogP contribution in [0.5, 0.6) is 0 Å². The number of aromatic nitrogens is 6. The smallest absolute Gasteiger partial charge is 0.190 e. The first kappa shape index (κ1) is 11.2. The van der Waals surface area contributed by atoms with Crippen LogP contribution in [-0.2, 0) is 0 Å². The topological polar surface area (TPSA) is 97.8 Å². The van der Waals surface area contributed by atoms with Crippen molar-refractivity contribution in [3.05, 3.63) is 35.9 Å². The van der Waals surface area contributed by atoms with E-state index in [9.17, 15) is 0 Å². The molecule has 0 saturated heterocycles. The fourth-order valence-electron chi connectivity index (χ4n) is 2.15. The third kappa shape index (κ3) is 1.41. The number of H-pyrrole nitrogens is 1. The number of aromatic amines is 1. The van der Waals surface area contributed by atoms with Gasteiger partial charge in [0.05, 0.1) is 17.0 Å². The van der Waals surface area contributed by atoms with Crippen molar-refractivity contribution in [2.45, 2.75) is 0 Å². The Balaban J connectivity index is 2.08. The molecule has 8 heteroatoms. The maximum Gasteiger partial charge on any atom is 0.190 e. The third-order valence-corrected chi connectivity index (χ3v) is 3.46. The second kappa shape index (κ2) is 3.91. The number of halogens is 1. The Morgan fingerprint density at radius 2 is 2.10 bits per heavy atom. The zero-order valence-electron chi connectivity index (χ0n) is 10.1. The summed E-state index contributed by atoms with van der Waals surface area (Å²) in [6, 6.07) is 5.39. The van der Waals surface area contributed by atoms with E-state index in [1.165, 1.54) is 0 Å². The Hall–Kier alpha value is -2.67. The molecule has 98 valence electrons. The Labute approximate surface area is 117 Å². The van der Waals surface area contributed by atoms with Crippen LogP contribution < -0.4 is 5.73 Å². The number of benzene rings is 1. The van der Waals surface area contributed by atoms with Crippen molar-refractivity contribution in [1.29, 1.82) is 0 Å². The summed E-state index contributed by atoms with van der Waals surface area (Å²) in [5.74, 6) is 0.587. The molecule has 4 rings (SSSR count). The lowest BCUT2D eigenvalue weighted by Gasteiger charge is -2.05. The van der Waals surface area contributed by atoms with Crippen LogP contribution in [0.3, 0.4) is 0 Å². The molecule has 0 unspecified atom stereocenters. The quantitative estimate of drug-likeness (QED) is 0.521. The summed E-state index contributed by atoms with van der Waals surface area (Å²) in [6.45, 7) is 0. The normalized spacial score (nSPS) is 11.4.